The van der Waals surface area contributed by atoms with Gasteiger partial charge in [0.15, 0.2) is 0 Å². The normalized spacial score (nSPS) is 30.9. The average molecular weight is 144 g/mol. The first-order valence-electron chi connectivity index (χ1n) is 3.88. The highest BCUT2D eigenvalue weighted by atomic mass is 16.5. The van der Waals surface area contributed by atoms with Gasteiger partial charge in [-0.1, -0.05) is 36.4 Å². The number of ether oxygens (including phenoxy) is 1. The Bertz CT molecular complexity index is 296. The molecule has 0 aromatic heterocycles. The summed E-state index contributed by atoms with van der Waals surface area (Å²) in [5.74, 6) is 0. The number of rotatable bonds is 0. The van der Waals surface area contributed by atoms with Crippen LogP contribution in [0.25, 0.3) is 0 Å². The Balaban J connectivity index is 2.28. The van der Waals surface area contributed by atoms with E-state index in [-0.39, 0.29) is 12.2 Å². The minimum atomic E-state index is 0.246. The fraction of sp³-hybridized carbons (Fsp3) is 0.200. The standard InChI is InChI=1S/C10H8O/c1-2-4-8-7(3-1)9-5-6-10(8)11-9/h1-6,9-10H/t9-,10-/m1/s1. The molecule has 1 nitrogen and oxygen atoms in total. The molecule has 0 spiro atoms. The van der Waals surface area contributed by atoms with Crippen molar-refractivity contribution in [3.8, 4) is 0 Å². The van der Waals surface area contributed by atoms with Gasteiger partial charge in [-0.15, -0.1) is 0 Å². The van der Waals surface area contributed by atoms with Crippen molar-refractivity contribution in [2.24, 2.45) is 0 Å². The van der Waals surface area contributed by atoms with Crippen LogP contribution < -0.4 is 0 Å². The summed E-state index contributed by atoms with van der Waals surface area (Å²) in [7, 11) is 0. The largest absolute Gasteiger partial charge is 0.357 e. The molecule has 2 atom stereocenters. The van der Waals surface area contributed by atoms with Gasteiger partial charge in [0.1, 0.15) is 12.2 Å². The Morgan fingerprint density at radius 3 is 2.00 bits per heavy atom. The van der Waals surface area contributed by atoms with Crippen LogP contribution in [0.1, 0.15) is 23.3 Å². The molecule has 2 bridgehead atoms. The van der Waals surface area contributed by atoms with E-state index in [1.807, 2.05) is 0 Å². The molecule has 0 fully saturated rings. The molecule has 1 aromatic rings. The van der Waals surface area contributed by atoms with Gasteiger partial charge in [-0.05, 0) is 11.1 Å². The Hall–Kier alpha value is -1.08. The summed E-state index contributed by atoms with van der Waals surface area (Å²) in [6.07, 6.45) is 4.76. The highest BCUT2D eigenvalue weighted by Crippen LogP contribution is 2.45. The lowest BCUT2D eigenvalue weighted by Gasteiger charge is -2.04. The molecule has 0 amide bonds. The zero-order valence-corrected chi connectivity index (χ0v) is 6.03. The molecule has 0 N–H and O–H groups in total. The van der Waals surface area contributed by atoms with E-state index >= 15 is 0 Å². The lowest BCUT2D eigenvalue weighted by molar-refractivity contribution is 0.0878. The van der Waals surface area contributed by atoms with Gasteiger partial charge in [-0.3, -0.25) is 0 Å². The van der Waals surface area contributed by atoms with E-state index in [1.54, 1.807) is 0 Å². The number of fused-ring (bicyclic) bond motifs is 5. The van der Waals surface area contributed by atoms with E-state index in [2.05, 4.69) is 36.4 Å². The van der Waals surface area contributed by atoms with Crippen LogP contribution >= 0.6 is 0 Å². The first kappa shape index (κ1) is 5.56. The topological polar surface area (TPSA) is 9.23 Å². The Kier molecular flexibility index (Phi) is 0.880. The fourth-order valence-electron chi connectivity index (χ4n) is 1.83. The maximum atomic E-state index is 5.63. The van der Waals surface area contributed by atoms with Crippen molar-refractivity contribution in [2.45, 2.75) is 12.2 Å². The number of hydrogen-bond acceptors (Lipinski definition) is 1. The monoisotopic (exact) mass is 144 g/mol. The summed E-state index contributed by atoms with van der Waals surface area (Å²) in [6.45, 7) is 0. The van der Waals surface area contributed by atoms with Crippen LogP contribution in [0, 0.1) is 0 Å². The van der Waals surface area contributed by atoms with E-state index < -0.39 is 0 Å². The zero-order valence-electron chi connectivity index (χ0n) is 6.03. The second-order valence-electron chi connectivity index (χ2n) is 2.99. The summed E-state index contributed by atoms with van der Waals surface area (Å²) in [5, 5.41) is 0. The van der Waals surface area contributed by atoms with Crippen molar-refractivity contribution in [1.82, 2.24) is 0 Å². The van der Waals surface area contributed by atoms with Crippen molar-refractivity contribution in [2.75, 3.05) is 0 Å². The van der Waals surface area contributed by atoms with Crippen LogP contribution in [0.3, 0.4) is 0 Å². The van der Waals surface area contributed by atoms with Crippen molar-refractivity contribution >= 4 is 0 Å². The Morgan fingerprint density at radius 2 is 1.45 bits per heavy atom. The zero-order chi connectivity index (χ0) is 7.26. The lowest BCUT2D eigenvalue weighted by atomic mass is 9.97. The van der Waals surface area contributed by atoms with E-state index in [0.29, 0.717) is 0 Å². The van der Waals surface area contributed by atoms with E-state index in [9.17, 15) is 0 Å². The van der Waals surface area contributed by atoms with Gasteiger partial charge >= 0.3 is 0 Å². The SMILES string of the molecule is C1=C[C@H]2O[C@H]1c1ccccc12. The van der Waals surface area contributed by atoms with Crippen molar-refractivity contribution in [3.63, 3.8) is 0 Å². The van der Waals surface area contributed by atoms with Gasteiger partial charge in [0.05, 0.1) is 0 Å². The first-order chi connectivity index (χ1) is 5.45. The molecule has 54 valence electrons. The van der Waals surface area contributed by atoms with Gasteiger partial charge in [-0.25, -0.2) is 0 Å². The second-order valence-corrected chi connectivity index (χ2v) is 2.99. The molecule has 0 radical (unpaired) electrons. The second kappa shape index (κ2) is 1.74. The number of benzene rings is 1. The molecule has 11 heavy (non-hydrogen) atoms. The van der Waals surface area contributed by atoms with Crippen molar-refractivity contribution in [1.29, 1.82) is 0 Å². The predicted octanol–water partition coefficient (Wildman–Crippen LogP) is 2.37. The van der Waals surface area contributed by atoms with Crippen LogP contribution in [-0.2, 0) is 4.74 Å². The van der Waals surface area contributed by atoms with Crippen LogP contribution in [0.5, 0.6) is 0 Å². The van der Waals surface area contributed by atoms with Crippen LogP contribution in [0.15, 0.2) is 36.4 Å². The molecule has 0 saturated heterocycles. The Labute approximate surface area is 65.3 Å². The maximum Gasteiger partial charge on any atom is 0.102 e. The molecule has 0 aliphatic carbocycles. The molecule has 0 saturated carbocycles. The summed E-state index contributed by atoms with van der Waals surface area (Å²) in [4.78, 5) is 0. The lowest BCUT2D eigenvalue weighted by Crippen LogP contribution is -1.90. The van der Waals surface area contributed by atoms with Crippen molar-refractivity contribution < 1.29 is 4.74 Å². The molecular weight excluding hydrogens is 136 g/mol. The van der Waals surface area contributed by atoms with E-state index in [1.165, 1.54) is 11.1 Å². The highest BCUT2D eigenvalue weighted by Gasteiger charge is 2.32. The van der Waals surface area contributed by atoms with Gasteiger partial charge in [0, 0.05) is 0 Å². The summed E-state index contributed by atoms with van der Waals surface area (Å²) in [6, 6.07) is 8.42. The molecule has 2 aliphatic rings. The van der Waals surface area contributed by atoms with Crippen molar-refractivity contribution in [3.05, 3.63) is 47.5 Å². The number of hydrogen-bond donors (Lipinski definition) is 0. The highest BCUT2D eigenvalue weighted by molar-refractivity contribution is 5.42. The molecule has 1 heteroatoms. The molecular formula is C10H8O. The quantitative estimate of drug-likeness (QED) is 0.508. The third kappa shape index (κ3) is 0.589. The van der Waals surface area contributed by atoms with Crippen LogP contribution in [0.4, 0.5) is 0 Å². The molecule has 3 rings (SSSR count). The van der Waals surface area contributed by atoms with Crippen LogP contribution in [-0.4, -0.2) is 0 Å². The van der Waals surface area contributed by atoms with E-state index in [4.69, 9.17) is 4.74 Å². The molecule has 2 aliphatic heterocycles. The Morgan fingerprint density at radius 1 is 0.909 bits per heavy atom. The molecule has 0 unspecified atom stereocenters. The minimum Gasteiger partial charge on any atom is -0.357 e. The summed E-state index contributed by atoms with van der Waals surface area (Å²) < 4.78 is 5.63. The maximum absolute atomic E-state index is 5.63. The van der Waals surface area contributed by atoms with Gasteiger partial charge in [0.2, 0.25) is 0 Å². The first-order valence-corrected chi connectivity index (χ1v) is 3.88. The smallest absolute Gasteiger partial charge is 0.102 e. The van der Waals surface area contributed by atoms with Gasteiger partial charge in [0.25, 0.3) is 0 Å². The van der Waals surface area contributed by atoms with E-state index in [0.717, 1.165) is 0 Å². The fourth-order valence-corrected chi connectivity index (χ4v) is 1.83. The third-order valence-electron chi connectivity index (χ3n) is 2.36. The van der Waals surface area contributed by atoms with Gasteiger partial charge in [-0.2, -0.15) is 0 Å². The average Bonchev–Trinajstić information content (AvgIpc) is 2.64. The van der Waals surface area contributed by atoms with Crippen LogP contribution in [0.2, 0.25) is 0 Å². The molecule has 1 aromatic carbocycles. The third-order valence-corrected chi connectivity index (χ3v) is 2.36. The summed E-state index contributed by atoms with van der Waals surface area (Å²) >= 11 is 0. The molecule has 2 heterocycles. The van der Waals surface area contributed by atoms with Gasteiger partial charge < -0.3 is 4.74 Å². The summed E-state index contributed by atoms with van der Waals surface area (Å²) in [5.41, 5.74) is 2.69. The minimum absolute atomic E-state index is 0.246. The predicted molar refractivity (Wildman–Crippen MR) is 42.1 cm³/mol.